The van der Waals surface area contributed by atoms with Crippen LogP contribution in [-0.2, 0) is 0 Å². The zero-order chi connectivity index (χ0) is 8.10. The van der Waals surface area contributed by atoms with E-state index in [-0.39, 0.29) is 0 Å². The van der Waals surface area contributed by atoms with Crippen LogP contribution < -0.4 is 0 Å². The maximum atomic E-state index is 2.32. The van der Waals surface area contributed by atoms with Gasteiger partial charge in [-0.2, -0.15) is 0 Å². The second-order valence-corrected chi connectivity index (χ2v) is 3.33. The third-order valence-electron chi connectivity index (χ3n) is 2.11. The van der Waals surface area contributed by atoms with Gasteiger partial charge in [0.15, 0.2) is 0 Å². The lowest BCUT2D eigenvalue weighted by Crippen LogP contribution is -1.83. The highest BCUT2D eigenvalue weighted by Crippen LogP contribution is 2.34. The predicted octanol–water partition coefficient (Wildman–Crippen LogP) is 3.70. The number of hydrogen-bond donors (Lipinski definition) is 0. The molecule has 1 fully saturated rings. The van der Waals surface area contributed by atoms with Crippen LogP contribution in [0.15, 0.2) is 23.8 Å². The molecule has 2 aliphatic rings. The molecule has 0 aromatic rings. The summed E-state index contributed by atoms with van der Waals surface area (Å²) in [5, 5.41) is 0. The SMILES string of the molecule is C1=CC2CCCC2=C1.CCC. The summed E-state index contributed by atoms with van der Waals surface area (Å²) in [6, 6.07) is 0. The maximum absolute atomic E-state index is 2.32. The molecule has 62 valence electrons. The van der Waals surface area contributed by atoms with Gasteiger partial charge in [0.2, 0.25) is 0 Å². The van der Waals surface area contributed by atoms with E-state index in [4.69, 9.17) is 0 Å². The molecule has 0 bridgehead atoms. The van der Waals surface area contributed by atoms with E-state index in [1.165, 1.54) is 25.7 Å². The standard InChI is InChI=1S/C8H10.C3H8/c1-3-7-5-2-6-8(7)4-1;1-3-2/h1,3-4,7H,2,5-6H2;3H2,1-2H3. The normalized spacial score (nSPS) is 25.6. The summed E-state index contributed by atoms with van der Waals surface area (Å²) in [6.07, 6.45) is 12.2. The Balaban J connectivity index is 0.000000179. The van der Waals surface area contributed by atoms with Crippen LogP contribution in [0.1, 0.15) is 39.5 Å². The van der Waals surface area contributed by atoms with Gasteiger partial charge in [0.1, 0.15) is 0 Å². The van der Waals surface area contributed by atoms with Crippen LogP contribution in [0.2, 0.25) is 0 Å². The molecule has 0 aliphatic heterocycles. The van der Waals surface area contributed by atoms with Crippen LogP contribution in [0.5, 0.6) is 0 Å². The molecule has 0 nitrogen and oxygen atoms in total. The van der Waals surface area contributed by atoms with E-state index in [1.807, 2.05) is 0 Å². The summed E-state index contributed by atoms with van der Waals surface area (Å²) < 4.78 is 0. The van der Waals surface area contributed by atoms with Crippen LogP contribution in [0.4, 0.5) is 0 Å². The van der Waals surface area contributed by atoms with Crippen molar-refractivity contribution in [3.05, 3.63) is 23.8 Å². The number of rotatable bonds is 0. The zero-order valence-electron chi connectivity index (χ0n) is 7.64. The lowest BCUT2D eigenvalue weighted by molar-refractivity contribution is 0.772. The molecular formula is C11H18. The summed E-state index contributed by atoms with van der Waals surface area (Å²) in [4.78, 5) is 0. The van der Waals surface area contributed by atoms with E-state index in [9.17, 15) is 0 Å². The highest BCUT2D eigenvalue weighted by atomic mass is 14.2. The Kier molecular flexibility index (Phi) is 3.41. The monoisotopic (exact) mass is 150 g/mol. The molecule has 2 rings (SSSR count). The van der Waals surface area contributed by atoms with Crippen molar-refractivity contribution in [1.29, 1.82) is 0 Å². The van der Waals surface area contributed by atoms with Crippen LogP contribution in [0.3, 0.4) is 0 Å². The van der Waals surface area contributed by atoms with Gasteiger partial charge in [0.05, 0.1) is 0 Å². The molecule has 0 aromatic heterocycles. The molecule has 0 heteroatoms. The molecule has 0 spiro atoms. The Morgan fingerprint density at radius 2 is 2.18 bits per heavy atom. The van der Waals surface area contributed by atoms with Crippen molar-refractivity contribution in [3.8, 4) is 0 Å². The number of allylic oxidation sites excluding steroid dienone is 4. The van der Waals surface area contributed by atoms with Crippen molar-refractivity contribution in [2.75, 3.05) is 0 Å². The van der Waals surface area contributed by atoms with Gasteiger partial charge in [-0.15, -0.1) is 0 Å². The average molecular weight is 150 g/mol. The lowest BCUT2D eigenvalue weighted by Gasteiger charge is -1.96. The first-order valence-electron chi connectivity index (χ1n) is 4.75. The first-order chi connectivity index (χ1) is 5.38. The Labute approximate surface area is 70.0 Å². The molecule has 1 saturated carbocycles. The quantitative estimate of drug-likeness (QED) is 0.494. The Hall–Kier alpha value is -0.520. The fourth-order valence-electron chi connectivity index (χ4n) is 1.64. The molecule has 0 N–H and O–H groups in total. The fourth-order valence-corrected chi connectivity index (χ4v) is 1.64. The summed E-state index contributed by atoms with van der Waals surface area (Å²) in [5.74, 6) is 0.856. The minimum absolute atomic E-state index is 0.856. The van der Waals surface area contributed by atoms with Crippen LogP contribution >= 0.6 is 0 Å². The molecular weight excluding hydrogens is 132 g/mol. The van der Waals surface area contributed by atoms with Gasteiger partial charge >= 0.3 is 0 Å². The van der Waals surface area contributed by atoms with Gasteiger partial charge in [-0.05, 0) is 25.2 Å². The summed E-state index contributed by atoms with van der Waals surface area (Å²) in [7, 11) is 0. The largest absolute Gasteiger partial charge is 0.0773 e. The highest BCUT2D eigenvalue weighted by Gasteiger charge is 2.19. The van der Waals surface area contributed by atoms with Gasteiger partial charge in [0, 0.05) is 0 Å². The van der Waals surface area contributed by atoms with E-state index in [2.05, 4.69) is 32.1 Å². The minimum atomic E-state index is 0.856. The van der Waals surface area contributed by atoms with Gasteiger partial charge in [-0.1, -0.05) is 44.1 Å². The van der Waals surface area contributed by atoms with Gasteiger partial charge in [-0.3, -0.25) is 0 Å². The Morgan fingerprint density at radius 3 is 2.82 bits per heavy atom. The smallest absolute Gasteiger partial charge is 0.00169 e. The molecule has 0 radical (unpaired) electrons. The van der Waals surface area contributed by atoms with E-state index in [1.54, 1.807) is 5.57 Å². The predicted molar refractivity (Wildman–Crippen MR) is 50.5 cm³/mol. The topological polar surface area (TPSA) is 0 Å². The van der Waals surface area contributed by atoms with E-state index < -0.39 is 0 Å². The van der Waals surface area contributed by atoms with Crippen LogP contribution in [0.25, 0.3) is 0 Å². The maximum Gasteiger partial charge on any atom is -0.00169 e. The Morgan fingerprint density at radius 1 is 1.45 bits per heavy atom. The van der Waals surface area contributed by atoms with Crippen molar-refractivity contribution in [1.82, 2.24) is 0 Å². The Bertz CT molecular complexity index is 163. The molecule has 2 aliphatic carbocycles. The van der Waals surface area contributed by atoms with E-state index in [0.717, 1.165) is 5.92 Å². The molecule has 1 unspecified atom stereocenters. The van der Waals surface area contributed by atoms with Crippen LogP contribution in [0, 0.1) is 5.92 Å². The van der Waals surface area contributed by atoms with Crippen molar-refractivity contribution in [2.45, 2.75) is 39.5 Å². The second kappa shape index (κ2) is 4.38. The molecule has 1 atom stereocenters. The highest BCUT2D eigenvalue weighted by molar-refractivity contribution is 5.29. The molecule has 11 heavy (non-hydrogen) atoms. The van der Waals surface area contributed by atoms with Gasteiger partial charge in [-0.25, -0.2) is 0 Å². The number of fused-ring (bicyclic) bond motifs is 1. The lowest BCUT2D eigenvalue weighted by atomic mass is 10.1. The average Bonchev–Trinajstić information content (AvgIpc) is 2.44. The second-order valence-electron chi connectivity index (χ2n) is 3.33. The van der Waals surface area contributed by atoms with E-state index in [0.29, 0.717) is 0 Å². The first kappa shape index (κ1) is 8.58. The first-order valence-corrected chi connectivity index (χ1v) is 4.75. The van der Waals surface area contributed by atoms with Gasteiger partial charge in [0.25, 0.3) is 0 Å². The fraction of sp³-hybridized carbons (Fsp3) is 0.636. The number of hydrogen-bond acceptors (Lipinski definition) is 0. The third kappa shape index (κ3) is 2.21. The molecule has 0 amide bonds. The molecule has 0 saturated heterocycles. The zero-order valence-corrected chi connectivity index (χ0v) is 7.64. The van der Waals surface area contributed by atoms with Crippen molar-refractivity contribution >= 4 is 0 Å². The van der Waals surface area contributed by atoms with Crippen molar-refractivity contribution in [3.63, 3.8) is 0 Å². The summed E-state index contributed by atoms with van der Waals surface area (Å²) in [6.45, 7) is 4.25. The molecule has 0 aromatic carbocycles. The van der Waals surface area contributed by atoms with Crippen LogP contribution in [-0.4, -0.2) is 0 Å². The van der Waals surface area contributed by atoms with Crippen molar-refractivity contribution in [2.24, 2.45) is 5.92 Å². The minimum Gasteiger partial charge on any atom is -0.0773 e. The summed E-state index contributed by atoms with van der Waals surface area (Å²) >= 11 is 0. The van der Waals surface area contributed by atoms with E-state index >= 15 is 0 Å². The third-order valence-corrected chi connectivity index (χ3v) is 2.11. The van der Waals surface area contributed by atoms with Gasteiger partial charge < -0.3 is 0 Å². The van der Waals surface area contributed by atoms with Crippen molar-refractivity contribution < 1.29 is 0 Å². The molecule has 0 heterocycles. The summed E-state index contributed by atoms with van der Waals surface area (Å²) in [5.41, 5.74) is 1.67.